The summed E-state index contributed by atoms with van der Waals surface area (Å²) < 4.78 is 0. The summed E-state index contributed by atoms with van der Waals surface area (Å²) in [5.41, 5.74) is 1.18. The third kappa shape index (κ3) is 2.89. The predicted octanol–water partition coefficient (Wildman–Crippen LogP) is 3.54. The van der Waals surface area contributed by atoms with Crippen molar-refractivity contribution in [1.82, 2.24) is 9.97 Å². The number of fused-ring (bicyclic) bond motifs is 1. The molecular formula is C16H17N3OS. The van der Waals surface area contributed by atoms with Crippen LogP contribution < -0.4 is 5.32 Å². The second-order valence-corrected chi connectivity index (χ2v) is 5.88. The number of thiophene rings is 1. The average Bonchev–Trinajstić information content (AvgIpc) is 2.98. The van der Waals surface area contributed by atoms with Crippen molar-refractivity contribution in [3.63, 3.8) is 0 Å². The molecule has 21 heavy (non-hydrogen) atoms. The van der Waals surface area contributed by atoms with Gasteiger partial charge in [-0.1, -0.05) is 37.3 Å². The van der Waals surface area contributed by atoms with Gasteiger partial charge in [0.2, 0.25) is 0 Å². The van der Waals surface area contributed by atoms with Gasteiger partial charge in [-0.25, -0.2) is 9.97 Å². The first-order chi connectivity index (χ1) is 10.3. The molecule has 1 aromatic carbocycles. The SMILES string of the molecule is CCC(CO)Nc1ncnc2sc(-c3ccccc3)cc12. The lowest BCUT2D eigenvalue weighted by atomic mass is 10.2. The first-order valence-corrected chi connectivity index (χ1v) is 7.80. The molecule has 4 nitrogen and oxygen atoms in total. The van der Waals surface area contributed by atoms with Crippen molar-refractivity contribution < 1.29 is 5.11 Å². The summed E-state index contributed by atoms with van der Waals surface area (Å²) in [7, 11) is 0. The second kappa shape index (κ2) is 6.20. The van der Waals surface area contributed by atoms with Crippen LogP contribution in [0.5, 0.6) is 0 Å². The van der Waals surface area contributed by atoms with Crippen LogP contribution in [0.2, 0.25) is 0 Å². The Hall–Kier alpha value is -1.98. The first-order valence-electron chi connectivity index (χ1n) is 6.99. The number of benzene rings is 1. The maximum Gasteiger partial charge on any atom is 0.138 e. The smallest absolute Gasteiger partial charge is 0.138 e. The molecule has 0 aliphatic heterocycles. The van der Waals surface area contributed by atoms with Gasteiger partial charge in [-0.2, -0.15) is 0 Å². The lowest BCUT2D eigenvalue weighted by molar-refractivity contribution is 0.271. The molecule has 5 heteroatoms. The molecule has 0 radical (unpaired) electrons. The zero-order valence-corrected chi connectivity index (χ0v) is 12.6. The molecule has 0 saturated carbocycles. The van der Waals surface area contributed by atoms with Crippen LogP contribution in [0, 0.1) is 0 Å². The molecule has 108 valence electrons. The minimum atomic E-state index is 0.0168. The van der Waals surface area contributed by atoms with Crippen molar-refractivity contribution in [3.8, 4) is 10.4 Å². The topological polar surface area (TPSA) is 58.0 Å². The van der Waals surface area contributed by atoms with Crippen molar-refractivity contribution in [2.24, 2.45) is 0 Å². The third-order valence-corrected chi connectivity index (χ3v) is 4.53. The number of nitrogens with zero attached hydrogens (tertiary/aromatic N) is 2. The number of aromatic nitrogens is 2. The maximum absolute atomic E-state index is 9.34. The highest BCUT2D eigenvalue weighted by molar-refractivity contribution is 7.21. The van der Waals surface area contributed by atoms with E-state index < -0.39 is 0 Å². The molecular weight excluding hydrogens is 282 g/mol. The van der Waals surface area contributed by atoms with Gasteiger partial charge in [0.1, 0.15) is 17.0 Å². The van der Waals surface area contributed by atoms with Crippen molar-refractivity contribution in [2.75, 3.05) is 11.9 Å². The maximum atomic E-state index is 9.34. The zero-order valence-electron chi connectivity index (χ0n) is 11.8. The fraction of sp³-hybridized carbons (Fsp3) is 0.250. The van der Waals surface area contributed by atoms with Gasteiger partial charge >= 0.3 is 0 Å². The molecule has 0 bridgehead atoms. The number of rotatable bonds is 5. The monoisotopic (exact) mass is 299 g/mol. The molecule has 2 aromatic heterocycles. The number of aliphatic hydroxyl groups excluding tert-OH is 1. The van der Waals surface area contributed by atoms with E-state index in [-0.39, 0.29) is 12.6 Å². The fourth-order valence-corrected chi connectivity index (χ4v) is 3.19. The van der Waals surface area contributed by atoms with Crippen LogP contribution in [0.1, 0.15) is 13.3 Å². The van der Waals surface area contributed by atoms with E-state index in [0.29, 0.717) is 0 Å². The molecule has 1 unspecified atom stereocenters. The molecule has 3 aromatic rings. The van der Waals surface area contributed by atoms with Gasteiger partial charge in [0.05, 0.1) is 18.0 Å². The van der Waals surface area contributed by atoms with E-state index in [1.165, 1.54) is 10.4 Å². The van der Waals surface area contributed by atoms with E-state index in [1.807, 2.05) is 25.1 Å². The van der Waals surface area contributed by atoms with Crippen molar-refractivity contribution in [1.29, 1.82) is 0 Å². The highest BCUT2D eigenvalue weighted by atomic mass is 32.1. The zero-order chi connectivity index (χ0) is 14.7. The Bertz CT molecular complexity index is 723. The van der Waals surface area contributed by atoms with Gasteiger partial charge < -0.3 is 10.4 Å². The summed E-state index contributed by atoms with van der Waals surface area (Å²) in [4.78, 5) is 10.8. The molecule has 0 saturated heterocycles. The molecule has 2 N–H and O–H groups in total. The minimum absolute atomic E-state index is 0.0168. The van der Waals surface area contributed by atoms with Crippen LogP contribution in [0.15, 0.2) is 42.7 Å². The minimum Gasteiger partial charge on any atom is -0.394 e. The van der Waals surface area contributed by atoms with Crippen LogP contribution in [0.25, 0.3) is 20.7 Å². The summed E-state index contributed by atoms with van der Waals surface area (Å²) in [5, 5.41) is 13.6. The van der Waals surface area contributed by atoms with Gasteiger partial charge in [-0.3, -0.25) is 0 Å². The summed E-state index contributed by atoms with van der Waals surface area (Å²) in [6.07, 6.45) is 2.41. The number of nitrogens with one attached hydrogen (secondary N) is 1. The predicted molar refractivity (Wildman–Crippen MR) is 87.6 cm³/mol. The van der Waals surface area contributed by atoms with Crippen LogP contribution in [0.3, 0.4) is 0 Å². The van der Waals surface area contributed by atoms with E-state index in [0.717, 1.165) is 22.5 Å². The lowest BCUT2D eigenvalue weighted by Gasteiger charge is -2.14. The average molecular weight is 299 g/mol. The molecule has 0 aliphatic carbocycles. The normalized spacial score (nSPS) is 12.5. The van der Waals surface area contributed by atoms with Gasteiger partial charge in [0.15, 0.2) is 0 Å². The fourth-order valence-electron chi connectivity index (χ4n) is 2.19. The number of hydrogen-bond donors (Lipinski definition) is 2. The molecule has 2 heterocycles. The molecule has 1 atom stereocenters. The van der Waals surface area contributed by atoms with Gasteiger partial charge in [0, 0.05) is 4.88 Å². The summed E-state index contributed by atoms with van der Waals surface area (Å²) in [6, 6.07) is 12.4. The molecule has 0 fully saturated rings. The van der Waals surface area contributed by atoms with E-state index in [1.54, 1.807) is 17.7 Å². The van der Waals surface area contributed by atoms with Crippen LogP contribution in [0.4, 0.5) is 5.82 Å². The second-order valence-electron chi connectivity index (χ2n) is 4.85. The van der Waals surface area contributed by atoms with Crippen LogP contribution >= 0.6 is 11.3 Å². The largest absolute Gasteiger partial charge is 0.394 e. The summed E-state index contributed by atoms with van der Waals surface area (Å²) in [6.45, 7) is 2.13. The van der Waals surface area contributed by atoms with Gasteiger partial charge in [-0.15, -0.1) is 11.3 Å². The summed E-state index contributed by atoms with van der Waals surface area (Å²) in [5.74, 6) is 0.791. The Morgan fingerprint density at radius 2 is 2.05 bits per heavy atom. The van der Waals surface area contributed by atoms with Crippen molar-refractivity contribution in [3.05, 3.63) is 42.7 Å². The Kier molecular flexibility index (Phi) is 4.13. The van der Waals surface area contributed by atoms with E-state index in [9.17, 15) is 5.11 Å². The molecule has 3 rings (SSSR count). The van der Waals surface area contributed by atoms with Crippen molar-refractivity contribution in [2.45, 2.75) is 19.4 Å². The highest BCUT2D eigenvalue weighted by Crippen LogP contribution is 2.34. The van der Waals surface area contributed by atoms with E-state index in [2.05, 4.69) is 33.5 Å². The number of aliphatic hydroxyl groups is 1. The van der Waals surface area contributed by atoms with Crippen LogP contribution in [-0.4, -0.2) is 27.7 Å². The molecule has 0 aliphatic rings. The first kappa shape index (κ1) is 14.0. The molecule has 0 spiro atoms. The quantitative estimate of drug-likeness (QED) is 0.756. The lowest BCUT2D eigenvalue weighted by Crippen LogP contribution is -2.23. The summed E-state index contributed by atoms with van der Waals surface area (Å²) >= 11 is 1.65. The highest BCUT2D eigenvalue weighted by Gasteiger charge is 2.12. The van der Waals surface area contributed by atoms with Gasteiger partial charge in [-0.05, 0) is 18.1 Å². The van der Waals surface area contributed by atoms with E-state index >= 15 is 0 Å². The third-order valence-electron chi connectivity index (χ3n) is 3.44. The Balaban J connectivity index is 2.01. The number of anilines is 1. The van der Waals surface area contributed by atoms with Gasteiger partial charge in [0.25, 0.3) is 0 Å². The number of hydrogen-bond acceptors (Lipinski definition) is 5. The van der Waals surface area contributed by atoms with Crippen LogP contribution in [-0.2, 0) is 0 Å². The Morgan fingerprint density at radius 3 is 2.76 bits per heavy atom. The standard InChI is InChI=1S/C16H17N3OS/c1-2-12(9-20)19-15-13-8-14(11-6-4-3-5-7-11)21-16(13)18-10-17-15/h3-8,10,12,20H,2,9H2,1H3,(H,17,18,19). The van der Waals surface area contributed by atoms with E-state index in [4.69, 9.17) is 0 Å². The molecule has 0 amide bonds. The van der Waals surface area contributed by atoms with Crippen molar-refractivity contribution >= 4 is 27.4 Å². The Labute approximate surface area is 127 Å². The Morgan fingerprint density at radius 1 is 1.24 bits per heavy atom.